The van der Waals surface area contributed by atoms with E-state index in [4.69, 9.17) is 5.11 Å². The Bertz CT molecular complexity index is 498. The van der Waals surface area contributed by atoms with E-state index in [0.29, 0.717) is 18.5 Å². The lowest BCUT2D eigenvalue weighted by molar-refractivity contribution is -0.137. The van der Waals surface area contributed by atoms with Crippen LogP contribution in [0.25, 0.3) is 6.08 Å². The summed E-state index contributed by atoms with van der Waals surface area (Å²) in [6.45, 7) is 2.34. The molecule has 0 bridgehead atoms. The van der Waals surface area contributed by atoms with E-state index >= 15 is 0 Å². The minimum Gasteiger partial charge on any atom is -0.396 e. The third-order valence-electron chi connectivity index (χ3n) is 2.89. The van der Waals surface area contributed by atoms with Crippen molar-refractivity contribution in [3.05, 3.63) is 41.5 Å². The van der Waals surface area contributed by atoms with Crippen LogP contribution in [-0.4, -0.2) is 24.2 Å². The highest BCUT2D eigenvalue weighted by atomic mass is 19.4. The summed E-state index contributed by atoms with van der Waals surface area (Å²) < 4.78 is 37.6. The molecule has 3 nitrogen and oxygen atoms in total. The molecule has 0 fully saturated rings. The molecule has 0 heterocycles. The zero-order valence-corrected chi connectivity index (χ0v) is 11.7. The average molecular weight is 301 g/mol. The van der Waals surface area contributed by atoms with E-state index in [-0.39, 0.29) is 18.4 Å². The minimum atomic E-state index is -4.40. The fraction of sp³-hybridized carbons (Fsp3) is 0.400. The molecule has 0 aliphatic rings. The molecule has 2 N–H and O–H groups in total. The van der Waals surface area contributed by atoms with Crippen LogP contribution in [0.3, 0.4) is 0 Å². The first-order valence-corrected chi connectivity index (χ1v) is 6.57. The fourth-order valence-electron chi connectivity index (χ4n) is 1.65. The summed E-state index contributed by atoms with van der Waals surface area (Å²) in [4.78, 5) is 11.5. The number of hydrogen-bond acceptors (Lipinski definition) is 2. The monoisotopic (exact) mass is 301 g/mol. The van der Waals surface area contributed by atoms with Crippen LogP contribution in [0.2, 0.25) is 0 Å². The number of nitrogens with one attached hydrogen (secondary N) is 1. The molecule has 1 aromatic rings. The van der Waals surface area contributed by atoms with E-state index in [1.165, 1.54) is 24.3 Å². The predicted octanol–water partition coefficient (Wildman–Crippen LogP) is 2.85. The first-order valence-electron chi connectivity index (χ1n) is 6.57. The zero-order chi connectivity index (χ0) is 15.9. The molecule has 0 aliphatic heterocycles. The number of halogens is 3. The second-order valence-electron chi connectivity index (χ2n) is 4.82. The van der Waals surface area contributed by atoms with Crippen molar-refractivity contribution >= 4 is 12.0 Å². The quantitative estimate of drug-likeness (QED) is 0.794. The van der Waals surface area contributed by atoms with Crippen LogP contribution < -0.4 is 5.32 Å². The van der Waals surface area contributed by atoms with Gasteiger partial charge in [0.25, 0.3) is 0 Å². The number of benzene rings is 1. The molecule has 116 valence electrons. The van der Waals surface area contributed by atoms with Gasteiger partial charge in [0, 0.05) is 19.2 Å². The normalized spacial score (nSPS) is 13.4. The molecule has 0 spiro atoms. The molecule has 0 radical (unpaired) electrons. The molecule has 0 aliphatic carbocycles. The van der Waals surface area contributed by atoms with Crippen molar-refractivity contribution in [2.24, 2.45) is 5.92 Å². The first-order chi connectivity index (χ1) is 9.82. The minimum absolute atomic E-state index is 0.0527. The third-order valence-corrected chi connectivity index (χ3v) is 2.89. The van der Waals surface area contributed by atoms with E-state index in [0.717, 1.165) is 12.1 Å². The Labute approximate surface area is 121 Å². The van der Waals surface area contributed by atoms with Crippen LogP contribution in [0.4, 0.5) is 13.2 Å². The van der Waals surface area contributed by atoms with Gasteiger partial charge in [-0.15, -0.1) is 0 Å². The van der Waals surface area contributed by atoms with Gasteiger partial charge in [-0.25, -0.2) is 0 Å². The molecule has 0 saturated carbocycles. The van der Waals surface area contributed by atoms with E-state index in [1.54, 1.807) is 0 Å². The highest BCUT2D eigenvalue weighted by Crippen LogP contribution is 2.29. The van der Waals surface area contributed by atoms with Crippen LogP contribution in [0.1, 0.15) is 24.5 Å². The molecule has 1 rings (SSSR count). The summed E-state index contributed by atoms with van der Waals surface area (Å²) in [7, 11) is 0. The predicted molar refractivity (Wildman–Crippen MR) is 74.4 cm³/mol. The number of carbonyl (C=O) groups is 1. The summed E-state index contributed by atoms with van der Waals surface area (Å²) in [5.41, 5.74) is -0.440. The number of hydrogen-bond donors (Lipinski definition) is 2. The van der Waals surface area contributed by atoms with Crippen molar-refractivity contribution in [2.75, 3.05) is 13.2 Å². The molecule has 1 amide bonds. The van der Waals surface area contributed by atoms with Crippen molar-refractivity contribution < 1.29 is 23.1 Å². The maximum atomic E-state index is 12.5. The lowest BCUT2D eigenvalue weighted by atomic mass is 10.1. The van der Waals surface area contributed by atoms with Gasteiger partial charge in [0.05, 0.1) is 5.56 Å². The molecule has 1 unspecified atom stereocenters. The Balaban J connectivity index is 2.58. The van der Waals surface area contributed by atoms with Crippen LogP contribution in [0.15, 0.2) is 30.3 Å². The van der Waals surface area contributed by atoms with Gasteiger partial charge in [-0.05, 0) is 36.1 Å². The smallest absolute Gasteiger partial charge is 0.396 e. The maximum absolute atomic E-state index is 12.5. The molecular weight excluding hydrogens is 283 g/mol. The number of aliphatic hydroxyl groups is 1. The Morgan fingerprint density at radius 3 is 2.76 bits per heavy atom. The number of carbonyl (C=O) groups excluding carboxylic acids is 1. The van der Waals surface area contributed by atoms with Gasteiger partial charge in [-0.2, -0.15) is 13.2 Å². The van der Waals surface area contributed by atoms with Gasteiger partial charge < -0.3 is 10.4 Å². The summed E-state index contributed by atoms with van der Waals surface area (Å²) in [5.74, 6) is -0.238. The lowest BCUT2D eigenvalue weighted by Gasteiger charge is -2.09. The second-order valence-corrected chi connectivity index (χ2v) is 4.82. The Hall–Kier alpha value is -1.82. The summed E-state index contributed by atoms with van der Waals surface area (Å²) >= 11 is 0. The van der Waals surface area contributed by atoms with Crippen molar-refractivity contribution in [3.63, 3.8) is 0 Å². The molecule has 1 atom stereocenters. The van der Waals surface area contributed by atoms with Crippen LogP contribution in [-0.2, 0) is 11.0 Å². The topological polar surface area (TPSA) is 49.3 Å². The molecular formula is C15H18F3NO2. The van der Waals surface area contributed by atoms with Gasteiger partial charge in [-0.3, -0.25) is 4.79 Å². The lowest BCUT2D eigenvalue weighted by Crippen LogP contribution is -2.26. The van der Waals surface area contributed by atoms with Crippen LogP contribution in [0.5, 0.6) is 0 Å². The Morgan fingerprint density at radius 1 is 1.43 bits per heavy atom. The van der Waals surface area contributed by atoms with Crippen molar-refractivity contribution in [1.29, 1.82) is 0 Å². The highest BCUT2D eigenvalue weighted by molar-refractivity contribution is 5.91. The SMILES string of the molecule is CC(CCO)CNC(=O)/C=C/c1cccc(C(F)(F)F)c1. The van der Waals surface area contributed by atoms with Crippen molar-refractivity contribution in [1.82, 2.24) is 5.32 Å². The molecule has 0 aromatic heterocycles. The van der Waals surface area contributed by atoms with Crippen molar-refractivity contribution in [3.8, 4) is 0 Å². The van der Waals surface area contributed by atoms with Gasteiger partial charge in [-0.1, -0.05) is 19.1 Å². The van der Waals surface area contributed by atoms with E-state index in [9.17, 15) is 18.0 Å². The third kappa shape index (κ3) is 6.44. The Morgan fingerprint density at radius 2 is 2.14 bits per heavy atom. The summed E-state index contributed by atoms with van der Waals surface area (Å²) in [6, 6.07) is 4.75. The van der Waals surface area contributed by atoms with E-state index in [1.807, 2.05) is 6.92 Å². The van der Waals surface area contributed by atoms with Crippen molar-refractivity contribution in [2.45, 2.75) is 19.5 Å². The van der Waals surface area contributed by atoms with E-state index < -0.39 is 11.7 Å². The standard InChI is InChI=1S/C15H18F3NO2/c1-11(7-8-20)10-19-14(21)6-5-12-3-2-4-13(9-12)15(16,17)18/h2-6,9,11,20H,7-8,10H2,1H3,(H,19,21)/b6-5+. The van der Waals surface area contributed by atoms with Gasteiger partial charge in [0.2, 0.25) is 5.91 Å². The van der Waals surface area contributed by atoms with Crippen LogP contribution >= 0.6 is 0 Å². The fourth-order valence-corrected chi connectivity index (χ4v) is 1.65. The van der Waals surface area contributed by atoms with Crippen LogP contribution in [0, 0.1) is 5.92 Å². The Kier molecular flexibility index (Phi) is 6.42. The number of rotatable bonds is 6. The molecule has 0 saturated heterocycles. The number of aliphatic hydroxyl groups excluding tert-OH is 1. The molecule has 1 aromatic carbocycles. The first kappa shape index (κ1) is 17.2. The average Bonchev–Trinajstić information content (AvgIpc) is 2.42. The largest absolute Gasteiger partial charge is 0.416 e. The second kappa shape index (κ2) is 7.83. The summed E-state index contributed by atoms with van der Waals surface area (Å²) in [6.07, 6.45) is -1.29. The zero-order valence-electron chi connectivity index (χ0n) is 11.7. The van der Waals surface area contributed by atoms with E-state index in [2.05, 4.69) is 5.32 Å². The number of alkyl halides is 3. The highest BCUT2D eigenvalue weighted by Gasteiger charge is 2.30. The number of amides is 1. The van der Waals surface area contributed by atoms with Gasteiger partial charge in [0.15, 0.2) is 0 Å². The van der Waals surface area contributed by atoms with Gasteiger partial charge >= 0.3 is 6.18 Å². The maximum Gasteiger partial charge on any atom is 0.416 e. The molecule has 6 heteroatoms. The van der Waals surface area contributed by atoms with Gasteiger partial charge in [0.1, 0.15) is 0 Å². The molecule has 21 heavy (non-hydrogen) atoms. The summed E-state index contributed by atoms with van der Waals surface area (Å²) in [5, 5.41) is 11.4.